The van der Waals surface area contributed by atoms with Crippen LogP contribution in [0.3, 0.4) is 0 Å². The maximum absolute atomic E-state index is 11.5. The Morgan fingerprint density at radius 1 is 1.50 bits per heavy atom. The highest BCUT2D eigenvalue weighted by Gasteiger charge is 2.13. The monoisotopic (exact) mass is 224 g/mol. The number of nitrogens with one attached hydrogen (secondary N) is 1. The summed E-state index contributed by atoms with van der Waals surface area (Å²) in [6, 6.07) is -0.453. The summed E-state index contributed by atoms with van der Waals surface area (Å²) in [4.78, 5) is 31.2. The second-order valence-electron chi connectivity index (χ2n) is 2.95. The van der Waals surface area contributed by atoms with Crippen LogP contribution in [-0.4, -0.2) is 47.6 Å². The molecule has 0 spiro atoms. The van der Waals surface area contributed by atoms with E-state index < -0.39 is 12.0 Å². The molecule has 0 saturated carbocycles. The van der Waals surface area contributed by atoms with Crippen LogP contribution in [0, 0.1) is 0 Å². The molecule has 0 saturated heterocycles. The van der Waals surface area contributed by atoms with E-state index in [2.05, 4.69) is 20.0 Å². The van der Waals surface area contributed by atoms with E-state index in [1.165, 1.54) is 37.6 Å². The van der Waals surface area contributed by atoms with Gasteiger partial charge in [0.15, 0.2) is 5.82 Å². The van der Waals surface area contributed by atoms with Gasteiger partial charge in [0.25, 0.3) is 0 Å². The first-order chi connectivity index (χ1) is 7.63. The SMILES string of the molecule is COC(=O)CN(C)C(=O)Nc1cnccn1. The third kappa shape index (κ3) is 3.52. The third-order valence-corrected chi connectivity index (χ3v) is 1.74. The molecule has 7 nitrogen and oxygen atoms in total. The molecule has 86 valence electrons. The first kappa shape index (κ1) is 11.9. The Labute approximate surface area is 92.4 Å². The predicted octanol–water partition coefficient (Wildman–Crippen LogP) is 0.113. The Balaban J connectivity index is 2.49. The van der Waals surface area contributed by atoms with Gasteiger partial charge in [0.1, 0.15) is 6.54 Å². The summed E-state index contributed by atoms with van der Waals surface area (Å²) in [6.45, 7) is -0.122. The number of nitrogens with zero attached hydrogens (tertiary/aromatic N) is 3. The zero-order valence-electron chi connectivity index (χ0n) is 9.01. The molecule has 1 aromatic rings. The molecule has 0 unspecified atom stereocenters. The Kier molecular flexibility index (Phi) is 4.19. The van der Waals surface area contributed by atoms with Crippen molar-refractivity contribution >= 4 is 17.8 Å². The first-order valence-electron chi connectivity index (χ1n) is 4.48. The van der Waals surface area contributed by atoms with Gasteiger partial charge in [-0.15, -0.1) is 0 Å². The van der Waals surface area contributed by atoms with E-state index >= 15 is 0 Å². The minimum atomic E-state index is -0.489. The van der Waals surface area contributed by atoms with Crippen LogP contribution in [0.15, 0.2) is 18.6 Å². The largest absolute Gasteiger partial charge is 0.468 e. The van der Waals surface area contributed by atoms with Gasteiger partial charge < -0.3 is 9.64 Å². The molecule has 1 rings (SSSR count). The van der Waals surface area contributed by atoms with Crippen molar-refractivity contribution in [2.45, 2.75) is 0 Å². The van der Waals surface area contributed by atoms with Gasteiger partial charge in [0.05, 0.1) is 13.3 Å². The number of hydrogen-bond acceptors (Lipinski definition) is 5. The quantitative estimate of drug-likeness (QED) is 0.737. The molecule has 0 fully saturated rings. The Bertz CT molecular complexity index is 368. The summed E-state index contributed by atoms with van der Waals surface area (Å²) in [5.41, 5.74) is 0. The number of amides is 2. The fraction of sp³-hybridized carbons (Fsp3) is 0.333. The minimum Gasteiger partial charge on any atom is -0.468 e. The maximum atomic E-state index is 11.5. The molecule has 7 heteroatoms. The smallest absolute Gasteiger partial charge is 0.325 e. The molecule has 2 amide bonds. The Hall–Kier alpha value is -2.18. The lowest BCUT2D eigenvalue weighted by molar-refractivity contribution is -0.140. The molecule has 0 aliphatic heterocycles. The van der Waals surface area contributed by atoms with Crippen LogP contribution >= 0.6 is 0 Å². The number of likely N-dealkylation sites (N-methyl/N-ethyl adjacent to an activating group) is 1. The van der Waals surface area contributed by atoms with E-state index in [-0.39, 0.29) is 6.54 Å². The summed E-state index contributed by atoms with van der Waals surface area (Å²) in [5, 5.41) is 2.48. The highest BCUT2D eigenvalue weighted by molar-refractivity contribution is 5.90. The number of carbonyl (C=O) groups excluding carboxylic acids is 2. The van der Waals surface area contributed by atoms with Crippen LogP contribution in [0.5, 0.6) is 0 Å². The minimum absolute atomic E-state index is 0.122. The summed E-state index contributed by atoms with van der Waals surface area (Å²) in [7, 11) is 2.74. The number of esters is 1. The molecular formula is C9H12N4O3. The molecule has 0 atom stereocenters. The molecule has 0 bridgehead atoms. The van der Waals surface area contributed by atoms with E-state index in [1.54, 1.807) is 0 Å². The molecule has 0 aliphatic carbocycles. The van der Waals surface area contributed by atoms with Crippen molar-refractivity contribution in [1.82, 2.24) is 14.9 Å². The van der Waals surface area contributed by atoms with Gasteiger partial charge in [-0.3, -0.25) is 15.1 Å². The van der Waals surface area contributed by atoms with E-state index in [1.807, 2.05) is 0 Å². The average molecular weight is 224 g/mol. The Morgan fingerprint density at radius 2 is 2.25 bits per heavy atom. The number of hydrogen-bond donors (Lipinski definition) is 1. The molecular weight excluding hydrogens is 212 g/mol. The lowest BCUT2D eigenvalue weighted by Gasteiger charge is -2.15. The van der Waals surface area contributed by atoms with Crippen LogP contribution in [0.4, 0.5) is 10.6 Å². The average Bonchev–Trinajstić information content (AvgIpc) is 2.30. The first-order valence-corrected chi connectivity index (χ1v) is 4.48. The van der Waals surface area contributed by atoms with Crippen molar-refractivity contribution in [3.05, 3.63) is 18.6 Å². The van der Waals surface area contributed by atoms with Crippen LogP contribution in [-0.2, 0) is 9.53 Å². The fourth-order valence-electron chi connectivity index (χ4n) is 0.899. The number of anilines is 1. The van der Waals surface area contributed by atoms with Crippen molar-refractivity contribution in [2.75, 3.05) is 26.0 Å². The zero-order valence-corrected chi connectivity index (χ0v) is 9.01. The molecule has 0 radical (unpaired) electrons. The summed E-state index contributed by atoms with van der Waals surface area (Å²) in [6.07, 6.45) is 4.35. The number of ether oxygens (including phenoxy) is 1. The number of urea groups is 1. The number of carbonyl (C=O) groups is 2. The van der Waals surface area contributed by atoms with Gasteiger partial charge in [-0.25, -0.2) is 9.78 Å². The van der Waals surface area contributed by atoms with Crippen molar-refractivity contribution in [3.8, 4) is 0 Å². The highest BCUT2D eigenvalue weighted by Crippen LogP contribution is 1.99. The van der Waals surface area contributed by atoms with E-state index in [9.17, 15) is 9.59 Å². The van der Waals surface area contributed by atoms with Crippen molar-refractivity contribution < 1.29 is 14.3 Å². The fourth-order valence-corrected chi connectivity index (χ4v) is 0.899. The molecule has 1 heterocycles. The molecule has 0 aromatic carbocycles. The van der Waals surface area contributed by atoms with Crippen LogP contribution in [0.1, 0.15) is 0 Å². The molecule has 1 aromatic heterocycles. The van der Waals surface area contributed by atoms with Crippen LogP contribution in [0.2, 0.25) is 0 Å². The van der Waals surface area contributed by atoms with Crippen molar-refractivity contribution in [2.24, 2.45) is 0 Å². The van der Waals surface area contributed by atoms with Gasteiger partial charge in [0.2, 0.25) is 0 Å². The second kappa shape index (κ2) is 5.64. The standard InChI is InChI=1S/C9H12N4O3/c1-13(6-8(14)16-2)9(15)12-7-5-10-3-4-11-7/h3-5H,6H2,1-2H3,(H,11,12,15). The maximum Gasteiger partial charge on any atom is 0.325 e. The van der Waals surface area contributed by atoms with Gasteiger partial charge in [-0.1, -0.05) is 0 Å². The van der Waals surface area contributed by atoms with E-state index in [0.717, 1.165) is 0 Å². The summed E-state index contributed by atoms with van der Waals surface area (Å²) >= 11 is 0. The highest BCUT2D eigenvalue weighted by atomic mass is 16.5. The van der Waals surface area contributed by atoms with Crippen molar-refractivity contribution in [1.29, 1.82) is 0 Å². The summed E-state index contributed by atoms with van der Waals surface area (Å²) < 4.78 is 4.43. The van der Waals surface area contributed by atoms with Crippen molar-refractivity contribution in [3.63, 3.8) is 0 Å². The van der Waals surface area contributed by atoms with Gasteiger partial charge in [0, 0.05) is 19.4 Å². The molecule has 16 heavy (non-hydrogen) atoms. The van der Waals surface area contributed by atoms with Crippen LogP contribution in [0.25, 0.3) is 0 Å². The van der Waals surface area contributed by atoms with E-state index in [4.69, 9.17) is 0 Å². The number of aromatic nitrogens is 2. The Morgan fingerprint density at radius 3 is 2.81 bits per heavy atom. The third-order valence-electron chi connectivity index (χ3n) is 1.74. The van der Waals surface area contributed by atoms with Gasteiger partial charge in [-0.2, -0.15) is 0 Å². The molecule has 1 N–H and O–H groups in total. The number of rotatable bonds is 3. The zero-order chi connectivity index (χ0) is 12.0. The van der Waals surface area contributed by atoms with Gasteiger partial charge >= 0.3 is 12.0 Å². The summed E-state index contributed by atoms with van der Waals surface area (Å²) in [5.74, 6) is -0.166. The topological polar surface area (TPSA) is 84.4 Å². The van der Waals surface area contributed by atoms with E-state index in [0.29, 0.717) is 5.82 Å². The van der Waals surface area contributed by atoms with Crippen LogP contribution < -0.4 is 5.32 Å². The predicted molar refractivity (Wildman–Crippen MR) is 55.7 cm³/mol. The second-order valence-corrected chi connectivity index (χ2v) is 2.95. The lowest BCUT2D eigenvalue weighted by Crippen LogP contribution is -2.36. The number of methoxy groups -OCH3 is 1. The molecule has 0 aliphatic rings. The lowest BCUT2D eigenvalue weighted by atomic mass is 10.5. The normalized spacial score (nSPS) is 9.38. The van der Waals surface area contributed by atoms with Gasteiger partial charge in [-0.05, 0) is 0 Å².